The van der Waals surface area contributed by atoms with Crippen LogP contribution in [0.15, 0.2) is 36.7 Å². The van der Waals surface area contributed by atoms with Crippen molar-refractivity contribution in [2.24, 2.45) is 0 Å². The van der Waals surface area contributed by atoms with E-state index in [1.165, 1.54) is 7.11 Å². The maximum Gasteiger partial charge on any atom is 0.411 e. The lowest BCUT2D eigenvalue weighted by Crippen LogP contribution is -2.61. The zero-order valence-corrected chi connectivity index (χ0v) is 15.8. The van der Waals surface area contributed by atoms with Gasteiger partial charge < -0.3 is 19.3 Å². The highest BCUT2D eigenvalue weighted by atomic mass is 16.6. The molecule has 1 aliphatic rings. The van der Waals surface area contributed by atoms with Crippen molar-refractivity contribution < 1.29 is 19.1 Å². The highest BCUT2D eigenvalue weighted by molar-refractivity contribution is 5.70. The zero-order valence-electron chi connectivity index (χ0n) is 15.8. The number of hydrogen-bond donors (Lipinski definition) is 1. The molecule has 0 radical (unpaired) electrons. The standard InChI is InChI=1S/C18H29N3O4/c1-8-21(14(3)10-9-13(2)19-16(22)24-7)15-11-20(12-15)17(23)25-18(4,5)6/h9-10,15H,2-3,8,11-12H2,1,4-7H3,(H,19,22)/b10-9-. The molecule has 7 nitrogen and oxygen atoms in total. The Labute approximate surface area is 149 Å². The maximum absolute atomic E-state index is 12.0. The quantitative estimate of drug-likeness (QED) is 0.745. The minimum atomic E-state index is -0.570. The number of nitrogens with zero attached hydrogens (tertiary/aromatic N) is 2. The average Bonchev–Trinajstić information content (AvgIpc) is 2.45. The van der Waals surface area contributed by atoms with Gasteiger partial charge in [0.1, 0.15) is 5.60 Å². The Kier molecular flexibility index (Phi) is 7.09. The number of likely N-dealkylation sites (tertiary alicyclic amines) is 1. The summed E-state index contributed by atoms with van der Waals surface area (Å²) >= 11 is 0. The molecule has 0 atom stereocenters. The topological polar surface area (TPSA) is 71.1 Å². The molecule has 0 spiro atoms. The third kappa shape index (κ3) is 6.52. The second kappa shape index (κ2) is 8.60. The highest BCUT2D eigenvalue weighted by Crippen LogP contribution is 2.21. The number of carbonyl (C=O) groups is 2. The Bertz CT molecular complexity index is 557. The summed E-state index contributed by atoms with van der Waals surface area (Å²) in [5.41, 5.74) is 0.698. The molecule has 140 valence electrons. The van der Waals surface area contributed by atoms with E-state index in [0.29, 0.717) is 18.8 Å². The van der Waals surface area contributed by atoms with E-state index in [1.807, 2.05) is 27.7 Å². The van der Waals surface area contributed by atoms with Gasteiger partial charge in [0, 0.05) is 31.0 Å². The first-order chi connectivity index (χ1) is 11.6. The van der Waals surface area contributed by atoms with Crippen LogP contribution >= 0.6 is 0 Å². The van der Waals surface area contributed by atoms with Crippen molar-refractivity contribution in [2.75, 3.05) is 26.7 Å². The molecule has 0 aromatic rings. The number of methoxy groups -OCH3 is 1. The number of ether oxygens (including phenoxy) is 2. The normalized spacial score (nSPS) is 14.7. The minimum Gasteiger partial charge on any atom is -0.453 e. The van der Waals surface area contributed by atoms with Crippen LogP contribution in [0, 0.1) is 0 Å². The number of amides is 2. The summed E-state index contributed by atoms with van der Waals surface area (Å²) in [5.74, 6) is 0. The maximum atomic E-state index is 12.0. The number of rotatable bonds is 6. The first-order valence-electron chi connectivity index (χ1n) is 8.22. The van der Waals surface area contributed by atoms with Gasteiger partial charge in [0.2, 0.25) is 0 Å². The lowest BCUT2D eigenvalue weighted by Gasteiger charge is -2.46. The monoisotopic (exact) mass is 351 g/mol. The third-order valence-electron chi connectivity index (χ3n) is 3.59. The number of likely N-dealkylation sites (N-methyl/N-ethyl adjacent to an activating group) is 1. The molecule has 0 bridgehead atoms. The van der Waals surface area contributed by atoms with E-state index in [4.69, 9.17) is 4.74 Å². The largest absolute Gasteiger partial charge is 0.453 e. The molecule has 2 amide bonds. The molecule has 0 aromatic heterocycles. The van der Waals surface area contributed by atoms with E-state index in [0.717, 1.165) is 12.2 Å². The van der Waals surface area contributed by atoms with Crippen molar-refractivity contribution >= 4 is 12.2 Å². The average molecular weight is 351 g/mol. The molecule has 0 aromatic carbocycles. The molecule has 0 aliphatic carbocycles. The lowest BCUT2D eigenvalue weighted by molar-refractivity contribution is -0.00824. The van der Waals surface area contributed by atoms with Gasteiger partial charge in [-0.25, -0.2) is 9.59 Å². The molecular weight excluding hydrogens is 322 g/mol. The second-order valence-corrected chi connectivity index (χ2v) is 6.79. The summed E-state index contributed by atoms with van der Waals surface area (Å²) in [6, 6.07) is 0.191. The van der Waals surface area contributed by atoms with E-state index in [-0.39, 0.29) is 12.1 Å². The summed E-state index contributed by atoms with van der Waals surface area (Å²) in [7, 11) is 1.29. The van der Waals surface area contributed by atoms with Gasteiger partial charge in [-0.05, 0) is 39.8 Å². The number of nitrogens with one attached hydrogen (secondary N) is 1. The number of hydrogen-bond acceptors (Lipinski definition) is 5. The molecule has 1 saturated heterocycles. The number of allylic oxidation sites excluding steroid dienone is 2. The van der Waals surface area contributed by atoms with E-state index in [9.17, 15) is 9.59 Å². The van der Waals surface area contributed by atoms with Crippen LogP contribution in [0.1, 0.15) is 27.7 Å². The predicted octanol–water partition coefficient (Wildman–Crippen LogP) is 2.87. The van der Waals surface area contributed by atoms with Crippen molar-refractivity contribution in [2.45, 2.75) is 39.3 Å². The molecule has 1 aliphatic heterocycles. The summed E-state index contributed by atoms with van der Waals surface area (Å²) in [5, 5.41) is 2.47. The zero-order chi connectivity index (χ0) is 19.2. The second-order valence-electron chi connectivity index (χ2n) is 6.79. The molecule has 1 heterocycles. The van der Waals surface area contributed by atoms with Gasteiger partial charge in [-0.3, -0.25) is 5.32 Å². The van der Waals surface area contributed by atoms with Crippen molar-refractivity contribution in [3.05, 3.63) is 36.7 Å². The van der Waals surface area contributed by atoms with E-state index < -0.39 is 11.7 Å². The van der Waals surface area contributed by atoms with Crippen LogP contribution in [0.25, 0.3) is 0 Å². The van der Waals surface area contributed by atoms with Crippen LogP contribution in [-0.2, 0) is 9.47 Å². The van der Waals surface area contributed by atoms with Gasteiger partial charge >= 0.3 is 12.2 Å². The molecule has 25 heavy (non-hydrogen) atoms. The van der Waals surface area contributed by atoms with Gasteiger partial charge in [0.15, 0.2) is 0 Å². The Morgan fingerprint density at radius 3 is 2.36 bits per heavy atom. The summed E-state index contributed by atoms with van der Waals surface area (Å²) in [6.07, 6.45) is 2.57. The van der Waals surface area contributed by atoms with Gasteiger partial charge in [0.25, 0.3) is 0 Å². The summed E-state index contributed by atoms with van der Waals surface area (Å²) in [4.78, 5) is 26.9. The molecule has 1 fully saturated rings. The molecular formula is C18H29N3O4. The van der Waals surface area contributed by atoms with Crippen molar-refractivity contribution in [3.63, 3.8) is 0 Å². The minimum absolute atomic E-state index is 0.191. The molecule has 7 heteroatoms. The SMILES string of the molecule is C=C(/C=C\C(=C)N(CC)C1CN(C(=O)OC(C)(C)C)C1)NC(=O)OC. The van der Waals surface area contributed by atoms with Crippen LogP contribution in [0.2, 0.25) is 0 Å². The fourth-order valence-corrected chi connectivity index (χ4v) is 2.34. The van der Waals surface area contributed by atoms with Crippen molar-refractivity contribution in [1.29, 1.82) is 0 Å². The van der Waals surface area contributed by atoms with Crippen LogP contribution in [0.4, 0.5) is 9.59 Å². The van der Waals surface area contributed by atoms with E-state index >= 15 is 0 Å². The smallest absolute Gasteiger partial charge is 0.411 e. The first kappa shape index (κ1) is 20.6. The fourth-order valence-electron chi connectivity index (χ4n) is 2.34. The first-order valence-corrected chi connectivity index (χ1v) is 8.22. The Morgan fingerprint density at radius 1 is 1.28 bits per heavy atom. The van der Waals surface area contributed by atoms with Gasteiger partial charge in [0.05, 0.1) is 13.2 Å². The van der Waals surface area contributed by atoms with Crippen LogP contribution in [0.5, 0.6) is 0 Å². The predicted molar refractivity (Wildman–Crippen MR) is 96.9 cm³/mol. The van der Waals surface area contributed by atoms with Crippen LogP contribution in [-0.4, -0.2) is 60.4 Å². The van der Waals surface area contributed by atoms with Gasteiger partial charge in [-0.2, -0.15) is 0 Å². The number of carbonyl (C=O) groups excluding carboxylic acids is 2. The molecule has 0 saturated carbocycles. The summed E-state index contributed by atoms with van der Waals surface area (Å²) in [6.45, 7) is 17.3. The Balaban J connectivity index is 2.52. The van der Waals surface area contributed by atoms with Crippen molar-refractivity contribution in [3.8, 4) is 0 Å². The Hall–Kier alpha value is -2.44. The Morgan fingerprint density at radius 2 is 1.88 bits per heavy atom. The number of alkyl carbamates (subject to hydrolysis) is 1. The lowest BCUT2D eigenvalue weighted by atomic mass is 10.1. The van der Waals surface area contributed by atoms with Crippen LogP contribution < -0.4 is 5.32 Å². The molecule has 1 rings (SSSR count). The highest BCUT2D eigenvalue weighted by Gasteiger charge is 2.36. The molecule has 1 N–H and O–H groups in total. The summed E-state index contributed by atoms with van der Waals surface area (Å²) < 4.78 is 9.86. The van der Waals surface area contributed by atoms with Gasteiger partial charge in [-0.1, -0.05) is 13.2 Å². The van der Waals surface area contributed by atoms with E-state index in [1.54, 1.807) is 17.1 Å². The van der Waals surface area contributed by atoms with Gasteiger partial charge in [-0.15, -0.1) is 0 Å². The van der Waals surface area contributed by atoms with E-state index in [2.05, 4.69) is 28.1 Å². The third-order valence-corrected chi connectivity index (χ3v) is 3.59. The van der Waals surface area contributed by atoms with Crippen molar-refractivity contribution in [1.82, 2.24) is 15.1 Å². The van der Waals surface area contributed by atoms with Crippen LogP contribution in [0.3, 0.4) is 0 Å². The fraction of sp³-hybridized carbons (Fsp3) is 0.556. The molecule has 0 unspecified atom stereocenters.